The van der Waals surface area contributed by atoms with Gasteiger partial charge >= 0.3 is 0 Å². The highest BCUT2D eigenvalue weighted by atomic mass is 35.5. The summed E-state index contributed by atoms with van der Waals surface area (Å²) in [6.07, 6.45) is 0. The molecule has 0 spiro atoms. The first-order valence-electron chi connectivity index (χ1n) is 12.7. The fraction of sp³-hybridized carbons (Fsp3) is 0.333. The van der Waals surface area contributed by atoms with E-state index in [2.05, 4.69) is 5.32 Å². The van der Waals surface area contributed by atoms with Crippen LogP contribution in [0.5, 0.6) is 0 Å². The Bertz CT molecular complexity index is 1440. The number of sulfonamides is 1. The minimum atomic E-state index is -4.12. The maximum Gasteiger partial charge on any atom is 0.264 e. The first-order chi connectivity index (χ1) is 18.2. The molecule has 1 atom stereocenters. The Labute approximate surface area is 236 Å². The number of halogens is 1. The number of hydrogen-bond acceptors (Lipinski definition) is 4. The highest BCUT2D eigenvalue weighted by molar-refractivity contribution is 7.92. The van der Waals surface area contributed by atoms with Crippen LogP contribution in [0.4, 0.5) is 5.69 Å². The highest BCUT2D eigenvalue weighted by Gasteiger charge is 2.34. The Hall–Kier alpha value is -3.36. The lowest BCUT2D eigenvalue weighted by Crippen LogP contribution is -2.54. The topological polar surface area (TPSA) is 86.8 Å². The van der Waals surface area contributed by atoms with Crippen molar-refractivity contribution in [2.45, 2.75) is 64.6 Å². The second kappa shape index (κ2) is 12.2. The zero-order chi connectivity index (χ0) is 29.0. The molecule has 3 rings (SSSR count). The third-order valence-corrected chi connectivity index (χ3v) is 8.35. The normalized spacial score (nSPS) is 12.5. The average Bonchev–Trinajstić information content (AvgIpc) is 2.87. The molecule has 0 saturated heterocycles. The molecule has 0 aliphatic heterocycles. The monoisotopic (exact) mass is 569 g/mol. The molecule has 0 heterocycles. The average molecular weight is 570 g/mol. The first-order valence-corrected chi connectivity index (χ1v) is 14.5. The Kier molecular flexibility index (Phi) is 9.46. The van der Waals surface area contributed by atoms with Crippen molar-refractivity contribution in [2.24, 2.45) is 0 Å². The molecule has 0 radical (unpaired) electrons. The van der Waals surface area contributed by atoms with Crippen molar-refractivity contribution in [3.63, 3.8) is 0 Å². The van der Waals surface area contributed by atoms with Crippen LogP contribution >= 0.6 is 11.6 Å². The zero-order valence-corrected chi connectivity index (χ0v) is 24.8. The van der Waals surface area contributed by atoms with Gasteiger partial charge < -0.3 is 10.2 Å². The molecule has 208 valence electrons. The number of anilines is 1. The summed E-state index contributed by atoms with van der Waals surface area (Å²) in [5, 5.41) is 3.36. The SMILES string of the molecule is Cc1ccc(C)c(N(CC(=O)N(Cc2ccccc2Cl)C(C)C(=O)NC(C)(C)C)S(=O)(=O)c2ccccc2)c1. The molecular formula is C30H36ClN3O4S. The van der Waals surface area contributed by atoms with E-state index in [4.69, 9.17) is 11.6 Å². The molecule has 0 aromatic heterocycles. The van der Waals surface area contributed by atoms with Gasteiger partial charge in [0.25, 0.3) is 10.0 Å². The summed E-state index contributed by atoms with van der Waals surface area (Å²) in [4.78, 5) is 28.6. The molecule has 0 saturated carbocycles. The number of carbonyl (C=O) groups is 2. The molecule has 1 unspecified atom stereocenters. The summed E-state index contributed by atoms with van der Waals surface area (Å²) < 4.78 is 29.0. The molecule has 0 aliphatic rings. The van der Waals surface area contributed by atoms with Crippen LogP contribution in [0, 0.1) is 13.8 Å². The Morgan fingerprint density at radius 1 is 0.949 bits per heavy atom. The van der Waals surface area contributed by atoms with E-state index in [1.165, 1.54) is 17.0 Å². The number of rotatable bonds is 9. The van der Waals surface area contributed by atoms with E-state index in [1.54, 1.807) is 62.4 Å². The van der Waals surface area contributed by atoms with Gasteiger partial charge in [0.15, 0.2) is 0 Å². The van der Waals surface area contributed by atoms with Crippen LogP contribution in [0.15, 0.2) is 77.7 Å². The largest absolute Gasteiger partial charge is 0.350 e. The van der Waals surface area contributed by atoms with Crippen molar-refractivity contribution in [3.05, 3.63) is 94.5 Å². The van der Waals surface area contributed by atoms with Crippen LogP contribution in [0.25, 0.3) is 0 Å². The van der Waals surface area contributed by atoms with E-state index in [0.29, 0.717) is 21.8 Å². The third kappa shape index (κ3) is 7.61. The summed E-state index contributed by atoms with van der Waals surface area (Å²) in [5.41, 5.74) is 2.07. The number of aryl methyl sites for hydroxylation is 2. The van der Waals surface area contributed by atoms with Crippen molar-refractivity contribution >= 4 is 39.1 Å². The molecule has 1 N–H and O–H groups in total. The fourth-order valence-corrected chi connectivity index (χ4v) is 5.78. The van der Waals surface area contributed by atoms with Gasteiger partial charge in [0.05, 0.1) is 10.6 Å². The molecule has 9 heteroatoms. The van der Waals surface area contributed by atoms with E-state index in [-0.39, 0.29) is 17.3 Å². The van der Waals surface area contributed by atoms with Crippen LogP contribution in [0.1, 0.15) is 44.4 Å². The van der Waals surface area contributed by atoms with Gasteiger partial charge in [-0.15, -0.1) is 0 Å². The van der Waals surface area contributed by atoms with Crippen LogP contribution in [0.3, 0.4) is 0 Å². The van der Waals surface area contributed by atoms with Crippen LogP contribution in [-0.2, 0) is 26.2 Å². The third-order valence-electron chi connectivity index (χ3n) is 6.21. The Morgan fingerprint density at radius 2 is 1.56 bits per heavy atom. The van der Waals surface area contributed by atoms with E-state index < -0.39 is 34.1 Å². The van der Waals surface area contributed by atoms with Gasteiger partial charge in [-0.05, 0) is 82.5 Å². The van der Waals surface area contributed by atoms with E-state index in [0.717, 1.165) is 9.87 Å². The van der Waals surface area contributed by atoms with Gasteiger partial charge in [0.2, 0.25) is 11.8 Å². The molecule has 0 bridgehead atoms. The summed E-state index contributed by atoms with van der Waals surface area (Å²) in [7, 11) is -4.12. The van der Waals surface area contributed by atoms with Crippen molar-refractivity contribution < 1.29 is 18.0 Å². The minimum Gasteiger partial charge on any atom is -0.350 e. The maximum atomic E-state index is 14.0. The van der Waals surface area contributed by atoms with Gasteiger partial charge in [-0.2, -0.15) is 0 Å². The van der Waals surface area contributed by atoms with Crippen LogP contribution in [-0.4, -0.2) is 43.3 Å². The number of nitrogens with one attached hydrogen (secondary N) is 1. The van der Waals surface area contributed by atoms with Gasteiger partial charge in [0.1, 0.15) is 12.6 Å². The molecule has 3 aromatic carbocycles. The van der Waals surface area contributed by atoms with Crippen molar-refractivity contribution in [3.8, 4) is 0 Å². The van der Waals surface area contributed by atoms with Gasteiger partial charge in [-0.1, -0.05) is 60.1 Å². The van der Waals surface area contributed by atoms with Crippen LogP contribution < -0.4 is 9.62 Å². The van der Waals surface area contributed by atoms with Crippen LogP contribution in [0.2, 0.25) is 5.02 Å². The van der Waals surface area contributed by atoms with Gasteiger partial charge in [-0.25, -0.2) is 8.42 Å². The predicted octanol–water partition coefficient (Wildman–Crippen LogP) is 5.48. The molecule has 2 amide bonds. The number of hydrogen-bond donors (Lipinski definition) is 1. The lowest BCUT2D eigenvalue weighted by atomic mass is 10.1. The molecule has 0 aliphatic carbocycles. The smallest absolute Gasteiger partial charge is 0.264 e. The highest BCUT2D eigenvalue weighted by Crippen LogP contribution is 2.29. The van der Waals surface area contributed by atoms with Gasteiger partial charge in [-0.3, -0.25) is 13.9 Å². The predicted molar refractivity (Wildman–Crippen MR) is 156 cm³/mol. The van der Waals surface area contributed by atoms with E-state index in [1.807, 2.05) is 39.8 Å². The van der Waals surface area contributed by atoms with Gasteiger partial charge in [0, 0.05) is 17.1 Å². The number of nitrogens with zero attached hydrogens (tertiary/aromatic N) is 2. The second-order valence-corrected chi connectivity index (χ2v) is 12.9. The number of benzene rings is 3. The lowest BCUT2D eigenvalue weighted by molar-refractivity contribution is -0.140. The standard InChI is InChI=1S/C30H36ClN3O4S/c1-21-16-17-22(2)27(18-21)34(39(37,38)25-13-8-7-9-14-25)20-28(35)33(19-24-12-10-11-15-26(24)31)23(3)29(36)32-30(4,5)6/h7-18,23H,19-20H2,1-6H3,(H,32,36). The molecule has 3 aromatic rings. The number of carbonyl (C=O) groups excluding carboxylic acids is 2. The van der Waals surface area contributed by atoms with Crippen molar-refractivity contribution in [1.82, 2.24) is 10.2 Å². The fourth-order valence-electron chi connectivity index (χ4n) is 4.09. The number of amides is 2. The maximum absolute atomic E-state index is 14.0. The first kappa shape index (κ1) is 30.2. The summed E-state index contributed by atoms with van der Waals surface area (Å²) in [5.74, 6) is -0.890. The quantitative estimate of drug-likeness (QED) is 0.369. The molecule has 0 fully saturated rings. The molecule has 7 nitrogen and oxygen atoms in total. The summed E-state index contributed by atoms with van der Waals surface area (Å²) in [6, 6.07) is 19.6. The molecular weight excluding hydrogens is 534 g/mol. The Morgan fingerprint density at radius 3 is 2.18 bits per heavy atom. The summed E-state index contributed by atoms with van der Waals surface area (Å²) in [6.45, 7) is 10.4. The van der Waals surface area contributed by atoms with Crippen molar-refractivity contribution in [1.29, 1.82) is 0 Å². The lowest BCUT2D eigenvalue weighted by Gasteiger charge is -2.34. The van der Waals surface area contributed by atoms with Crippen molar-refractivity contribution in [2.75, 3.05) is 10.8 Å². The Balaban J connectivity index is 2.08. The van der Waals surface area contributed by atoms with E-state index in [9.17, 15) is 18.0 Å². The minimum absolute atomic E-state index is 0.0310. The zero-order valence-electron chi connectivity index (χ0n) is 23.2. The summed E-state index contributed by atoms with van der Waals surface area (Å²) >= 11 is 6.41. The second-order valence-electron chi connectivity index (χ2n) is 10.6. The molecule has 39 heavy (non-hydrogen) atoms. The van der Waals surface area contributed by atoms with E-state index >= 15 is 0 Å².